The van der Waals surface area contributed by atoms with Crippen molar-refractivity contribution < 1.29 is 14.3 Å². The lowest BCUT2D eigenvalue weighted by molar-refractivity contribution is -0.122. The number of hydrogen-bond acceptors (Lipinski definition) is 5. The molecular formula is C18H19N3O3. The van der Waals surface area contributed by atoms with Gasteiger partial charge in [-0.25, -0.2) is 0 Å². The van der Waals surface area contributed by atoms with Crippen LogP contribution in [-0.2, 0) is 4.79 Å². The summed E-state index contributed by atoms with van der Waals surface area (Å²) in [5.41, 5.74) is 0.410. The summed E-state index contributed by atoms with van der Waals surface area (Å²) in [5, 5.41) is 8.59. The molecule has 3 N–H and O–H groups in total. The molecule has 1 atom stereocenters. The van der Waals surface area contributed by atoms with Crippen LogP contribution < -0.4 is 20.7 Å². The van der Waals surface area contributed by atoms with Gasteiger partial charge >= 0.3 is 0 Å². The minimum atomic E-state index is -0.418. The van der Waals surface area contributed by atoms with Crippen LogP contribution in [-0.4, -0.2) is 37.5 Å². The fourth-order valence-corrected chi connectivity index (χ4v) is 2.41. The highest BCUT2D eigenvalue weighted by Gasteiger charge is 2.22. The molecule has 2 aromatic rings. The van der Waals surface area contributed by atoms with Crippen LogP contribution in [0.1, 0.15) is 10.4 Å². The molecule has 124 valence electrons. The molecule has 6 nitrogen and oxygen atoms in total. The summed E-state index contributed by atoms with van der Waals surface area (Å²) in [4.78, 5) is 24.2. The number of benzene rings is 2. The largest absolute Gasteiger partial charge is 0.457 e. The van der Waals surface area contributed by atoms with Gasteiger partial charge in [0.15, 0.2) is 0 Å². The fraction of sp³-hybridized carbons (Fsp3) is 0.222. The maximum atomic E-state index is 12.1. The molecule has 1 heterocycles. The number of piperazine rings is 1. The van der Waals surface area contributed by atoms with E-state index < -0.39 is 5.91 Å². The van der Waals surface area contributed by atoms with E-state index in [0.29, 0.717) is 24.4 Å². The molecule has 1 aliphatic heterocycles. The van der Waals surface area contributed by atoms with Crippen molar-refractivity contribution in [3.63, 3.8) is 0 Å². The molecule has 24 heavy (non-hydrogen) atoms. The fourth-order valence-electron chi connectivity index (χ4n) is 2.41. The molecule has 2 amide bonds. The molecule has 0 aliphatic carbocycles. The van der Waals surface area contributed by atoms with Gasteiger partial charge in [0.25, 0.3) is 5.91 Å². The first-order valence-electron chi connectivity index (χ1n) is 7.84. The molecule has 2 aromatic carbocycles. The van der Waals surface area contributed by atoms with Crippen molar-refractivity contribution in [2.45, 2.75) is 6.04 Å². The van der Waals surface area contributed by atoms with Gasteiger partial charge in [-0.15, -0.1) is 0 Å². The normalized spacial score (nSPS) is 17.1. The molecule has 0 aromatic heterocycles. The lowest BCUT2D eigenvalue weighted by Crippen LogP contribution is -2.56. The van der Waals surface area contributed by atoms with Crippen LogP contribution >= 0.6 is 0 Å². The number of carbonyl (C=O) groups excluding carboxylic acids is 2. The van der Waals surface area contributed by atoms with Crippen molar-refractivity contribution in [1.29, 1.82) is 0 Å². The number of hydrogen-bond donors (Lipinski definition) is 3. The number of para-hydroxylation sites is 1. The summed E-state index contributed by atoms with van der Waals surface area (Å²) in [5.74, 6) is 0.610. The molecule has 1 aliphatic rings. The Kier molecular flexibility index (Phi) is 5.20. The maximum Gasteiger partial charge on any atom is 0.257 e. The molecule has 1 fully saturated rings. The van der Waals surface area contributed by atoms with Gasteiger partial charge in [0, 0.05) is 25.2 Å². The molecular weight excluding hydrogens is 306 g/mol. The molecule has 1 saturated heterocycles. The maximum absolute atomic E-state index is 12.1. The van der Waals surface area contributed by atoms with Crippen molar-refractivity contribution in [1.82, 2.24) is 16.0 Å². The Labute approximate surface area is 140 Å². The number of rotatable bonds is 4. The summed E-state index contributed by atoms with van der Waals surface area (Å²) in [6.07, 6.45) is 0. The highest BCUT2D eigenvalue weighted by atomic mass is 16.5. The van der Waals surface area contributed by atoms with Crippen LogP contribution in [0.25, 0.3) is 0 Å². The summed E-state index contributed by atoms with van der Waals surface area (Å²) in [6, 6.07) is 15.7. The van der Waals surface area contributed by atoms with Crippen molar-refractivity contribution in [3.8, 4) is 11.5 Å². The standard InChI is InChI=1S/C18H19N3O3/c22-17(21-18(23)16-12-19-10-11-20-16)13-6-8-15(9-7-13)24-14-4-2-1-3-5-14/h1-9,16,19-20H,10-12H2,(H,21,22,23). The molecule has 3 rings (SSSR count). The third kappa shape index (κ3) is 4.18. The van der Waals surface area contributed by atoms with Gasteiger partial charge in [0.1, 0.15) is 11.5 Å². The van der Waals surface area contributed by atoms with E-state index >= 15 is 0 Å². The predicted octanol–water partition coefficient (Wildman–Crippen LogP) is 1.30. The van der Waals surface area contributed by atoms with E-state index in [0.717, 1.165) is 12.3 Å². The lowest BCUT2D eigenvalue weighted by Gasteiger charge is -2.23. The minimum Gasteiger partial charge on any atom is -0.457 e. The summed E-state index contributed by atoms with van der Waals surface area (Å²) >= 11 is 0. The van der Waals surface area contributed by atoms with Crippen molar-refractivity contribution in [2.75, 3.05) is 19.6 Å². The molecule has 0 saturated carbocycles. The minimum absolute atomic E-state index is 0.322. The Hall–Kier alpha value is -2.70. The van der Waals surface area contributed by atoms with E-state index in [1.165, 1.54) is 0 Å². The van der Waals surface area contributed by atoms with Crippen LogP contribution in [0.4, 0.5) is 0 Å². The quantitative estimate of drug-likeness (QED) is 0.739. The zero-order valence-corrected chi connectivity index (χ0v) is 13.1. The average molecular weight is 325 g/mol. The first kappa shape index (κ1) is 16.2. The SMILES string of the molecule is O=C(NC(=O)C1CNCCN1)c1ccc(Oc2ccccc2)cc1. The Morgan fingerprint density at radius 3 is 2.33 bits per heavy atom. The second-order valence-electron chi connectivity index (χ2n) is 5.47. The van der Waals surface area contributed by atoms with Gasteiger partial charge in [-0.05, 0) is 36.4 Å². The predicted molar refractivity (Wildman–Crippen MR) is 90.1 cm³/mol. The Balaban J connectivity index is 1.58. The number of amides is 2. The Bertz CT molecular complexity index is 695. The van der Waals surface area contributed by atoms with Crippen molar-refractivity contribution in [2.24, 2.45) is 0 Å². The lowest BCUT2D eigenvalue weighted by atomic mass is 10.2. The number of carbonyl (C=O) groups is 2. The van der Waals surface area contributed by atoms with Gasteiger partial charge in [0.2, 0.25) is 5.91 Å². The molecule has 0 spiro atoms. The van der Waals surface area contributed by atoms with Gasteiger partial charge in [-0.1, -0.05) is 18.2 Å². The van der Waals surface area contributed by atoms with Gasteiger partial charge < -0.3 is 15.4 Å². The molecule has 0 bridgehead atoms. The Morgan fingerprint density at radius 1 is 0.958 bits per heavy atom. The van der Waals surface area contributed by atoms with E-state index in [-0.39, 0.29) is 11.9 Å². The first-order chi connectivity index (χ1) is 11.7. The molecule has 6 heteroatoms. The van der Waals surface area contributed by atoms with Crippen LogP contribution in [0.2, 0.25) is 0 Å². The van der Waals surface area contributed by atoms with E-state index in [1.807, 2.05) is 30.3 Å². The topological polar surface area (TPSA) is 79.5 Å². The van der Waals surface area contributed by atoms with Gasteiger partial charge in [-0.3, -0.25) is 14.9 Å². The van der Waals surface area contributed by atoms with E-state index in [2.05, 4.69) is 16.0 Å². The van der Waals surface area contributed by atoms with E-state index in [9.17, 15) is 9.59 Å². The summed E-state index contributed by atoms with van der Waals surface area (Å²) in [7, 11) is 0. The van der Waals surface area contributed by atoms with Crippen molar-refractivity contribution in [3.05, 3.63) is 60.2 Å². The monoisotopic (exact) mass is 325 g/mol. The van der Waals surface area contributed by atoms with E-state index in [1.54, 1.807) is 24.3 Å². The van der Waals surface area contributed by atoms with E-state index in [4.69, 9.17) is 4.74 Å². The van der Waals surface area contributed by atoms with Crippen LogP contribution in [0.3, 0.4) is 0 Å². The third-order valence-corrected chi connectivity index (χ3v) is 3.69. The zero-order chi connectivity index (χ0) is 16.8. The highest BCUT2D eigenvalue weighted by molar-refractivity contribution is 6.06. The van der Waals surface area contributed by atoms with Crippen LogP contribution in [0, 0.1) is 0 Å². The van der Waals surface area contributed by atoms with Crippen LogP contribution in [0.5, 0.6) is 11.5 Å². The molecule has 0 radical (unpaired) electrons. The number of imide groups is 1. The number of nitrogens with one attached hydrogen (secondary N) is 3. The number of ether oxygens (including phenoxy) is 1. The van der Waals surface area contributed by atoms with Gasteiger partial charge in [0.05, 0.1) is 6.04 Å². The average Bonchev–Trinajstić information content (AvgIpc) is 2.64. The smallest absolute Gasteiger partial charge is 0.257 e. The first-order valence-corrected chi connectivity index (χ1v) is 7.84. The second-order valence-corrected chi connectivity index (χ2v) is 5.47. The van der Waals surface area contributed by atoms with Crippen molar-refractivity contribution >= 4 is 11.8 Å². The second kappa shape index (κ2) is 7.72. The summed E-state index contributed by atoms with van der Waals surface area (Å²) in [6.45, 7) is 2.04. The van der Waals surface area contributed by atoms with Crippen LogP contribution in [0.15, 0.2) is 54.6 Å². The van der Waals surface area contributed by atoms with Gasteiger partial charge in [-0.2, -0.15) is 0 Å². The summed E-state index contributed by atoms with van der Waals surface area (Å²) < 4.78 is 5.67. The Morgan fingerprint density at radius 2 is 1.67 bits per heavy atom. The highest BCUT2D eigenvalue weighted by Crippen LogP contribution is 2.21. The molecule has 1 unspecified atom stereocenters. The zero-order valence-electron chi connectivity index (χ0n) is 13.1. The third-order valence-electron chi connectivity index (χ3n) is 3.69.